The maximum atomic E-state index is 11.0. The number of nitrogens with zero attached hydrogens (tertiary/aromatic N) is 5. The molecule has 1 aliphatic rings. The third kappa shape index (κ3) is 4.31. The first kappa shape index (κ1) is 19.9. The molecule has 0 unspecified atom stereocenters. The van der Waals surface area contributed by atoms with Gasteiger partial charge in [0, 0.05) is 12.6 Å². The largest absolute Gasteiger partial charge is 0.390 e. The summed E-state index contributed by atoms with van der Waals surface area (Å²) in [6, 6.07) is 5.47. The molecule has 5 N–H and O–H groups in total. The van der Waals surface area contributed by atoms with Crippen LogP contribution in [0.1, 0.15) is 12.6 Å². The Morgan fingerprint density at radius 3 is 2.90 bits per heavy atom. The molecule has 4 heterocycles. The van der Waals surface area contributed by atoms with E-state index >= 15 is 0 Å². The number of nitrogen functional groups attached to an aromatic ring is 1. The van der Waals surface area contributed by atoms with E-state index in [0.29, 0.717) is 21.1 Å². The second kappa shape index (κ2) is 7.81. The van der Waals surface area contributed by atoms with Crippen LogP contribution in [0.4, 0.5) is 5.82 Å². The number of rotatable bonds is 6. The molecule has 154 valence electrons. The topological polar surface area (TPSA) is 181 Å². The zero-order valence-corrected chi connectivity index (χ0v) is 16.5. The number of aliphatic hydroxyl groups is 1. The van der Waals surface area contributed by atoms with Crippen molar-refractivity contribution in [2.24, 2.45) is 5.14 Å². The zero-order valence-electron chi connectivity index (χ0n) is 14.8. The lowest BCUT2D eigenvalue weighted by molar-refractivity contribution is -0.0415. The maximum Gasteiger partial charge on any atom is 0.333 e. The molecule has 3 aromatic heterocycles. The summed E-state index contributed by atoms with van der Waals surface area (Å²) in [6.45, 7) is -0.414. The fraction of sp³-hybridized carbons (Fsp3) is 0.333. The summed E-state index contributed by atoms with van der Waals surface area (Å²) in [5.74, 6) is 0.243. The van der Waals surface area contributed by atoms with Gasteiger partial charge < -0.3 is 15.6 Å². The van der Waals surface area contributed by atoms with Crippen LogP contribution in [0.5, 0.6) is 0 Å². The number of hydrogen-bond donors (Lipinski definition) is 3. The first-order chi connectivity index (χ1) is 13.8. The molecule has 14 heteroatoms. The van der Waals surface area contributed by atoms with Gasteiger partial charge in [-0.1, -0.05) is 6.07 Å². The predicted octanol–water partition coefficient (Wildman–Crippen LogP) is -0.177. The Bertz CT molecular complexity index is 1120. The first-order valence-corrected chi connectivity index (χ1v) is 10.7. The van der Waals surface area contributed by atoms with Crippen LogP contribution in [0.2, 0.25) is 0 Å². The van der Waals surface area contributed by atoms with Crippen LogP contribution < -0.4 is 10.9 Å². The van der Waals surface area contributed by atoms with Crippen LogP contribution in [-0.4, -0.2) is 57.1 Å². The number of aromatic nitrogens is 5. The lowest BCUT2D eigenvalue weighted by Crippen LogP contribution is -2.30. The third-order valence-electron chi connectivity index (χ3n) is 4.20. The minimum Gasteiger partial charge on any atom is -0.390 e. The molecule has 0 spiro atoms. The summed E-state index contributed by atoms with van der Waals surface area (Å²) in [5, 5.41) is 21.4. The number of aliphatic hydroxyl groups excluding tert-OH is 1. The molecule has 3 aromatic rings. The average molecular weight is 439 g/mol. The van der Waals surface area contributed by atoms with E-state index in [1.165, 1.54) is 22.8 Å². The van der Waals surface area contributed by atoms with Crippen molar-refractivity contribution in [1.82, 2.24) is 24.7 Å². The van der Waals surface area contributed by atoms with Crippen molar-refractivity contribution in [1.29, 1.82) is 0 Å². The van der Waals surface area contributed by atoms with Gasteiger partial charge in [-0.3, -0.25) is 4.18 Å². The van der Waals surface area contributed by atoms with Gasteiger partial charge in [-0.15, -0.1) is 0 Å². The molecular weight excluding hydrogens is 422 g/mol. The summed E-state index contributed by atoms with van der Waals surface area (Å²) >= 11 is 1.28. The number of ether oxygens (including phenoxy) is 1. The molecular formula is C15H17N7O5S2. The second-order valence-electron chi connectivity index (χ2n) is 6.19. The number of nitrogens with two attached hydrogens (primary N) is 2. The number of fused-ring (bicyclic) bond motifs is 1. The van der Waals surface area contributed by atoms with Crippen molar-refractivity contribution in [2.75, 3.05) is 12.3 Å². The predicted molar refractivity (Wildman–Crippen MR) is 102 cm³/mol. The number of anilines is 1. The highest BCUT2D eigenvalue weighted by atomic mass is 32.2. The lowest BCUT2D eigenvalue weighted by Gasteiger charge is -2.14. The Balaban J connectivity index is 1.65. The van der Waals surface area contributed by atoms with Crippen LogP contribution in [0.25, 0.3) is 11.0 Å². The van der Waals surface area contributed by atoms with Gasteiger partial charge in [-0.2, -0.15) is 13.5 Å². The Morgan fingerprint density at radius 1 is 1.34 bits per heavy atom. The summed E-state index contributed by atoms with van der Waals surface area (Å²) in [4.78, 5) is 12.5. The first-order valence-electron chi connectivity index (χ1n) is 8.40. The van der Waals surface area contributed by atoms with Crippen molar-refractivity contribution in [3.05, 3.63) is 30.7 Å². The van der Waals surface area contributed by atoms with Gasteiger partial charge in [0.2, 0.25) is 0 Å². The van der Waals surface area contributed by atoms with E-state index < -0.39 is 35.3 Å². The zero-order chi connectivity index (χ0) is 20.6. The molecule has 0 saturated carbocycles. The smallest absolute Gasteiger partial charge is 0.333 e. The minimum absolute atomic E-state index is 0.146. The fourth-order valence-corrected chi connectivity index (χ4v) is 4.13. The number of hydrogen-bond acceptors (Lipinski definition) is 11. The SMILES string of the molecule is Nc1ncnc2c1c(Sc1ccccn1)nn2[C@H]1C[C@H](O)[C@@H](COS(N)(=O)=O)O1. The van der Waals surface area contributed by atoms with E-state index in [9.17, 15) is 13.5 Å². The van der Waals surface area contributed by atoms with Gasteiger partial charge in [0.15, 0.2) is 11.9 Å². The molecule has 0 bridgehead atoms. The molecule has 0 radical (unpaired) electrons. The lowest BCUT2D eigenvalue weighted by atomic mass is 10.2. The van der Waals surface area contributed by atoms with Crippen LogP contribution in [0.3, 0.4) is 0 Å². The van der Waals surface area contributed by atoms with Crippen LogP contribution in [0, 0.1) is 0 Å². The summed E-state index contributed by atoms with van der Waals surface area (Å²) in [7, 11) is -4.15. The molecule has 4 rings (SSSR count). The number of pyridine rings is 1. The Labute approximate surface area is 169 Å². The molecule has 1 saturated heterocycles. The van der Waals surface area contributed by atoms with Gasteiger partial charge in [-0.05, 0) is 23.9 Å². The highest BCUT2D eigenvalue weighted by Gasteiger charge is 2.38. The van der Waals surface area contributed by atoms with E-state index in [0.717, 1.165) is 0 Å². The summed E-state index contributed by atoms with van der Waals surface area (Å²) in [6.07, 6.45) is 0.517. The molecule has 1 aliphatic heterocycles. The van der Waals surface area contributed by atoms with E-state index in [1.807, 2.05) is 12.1 Å². The van der Waals surface area contributed by atoms with Gasteiger partial charge in [0.1, 0.15) is 28.3 Å². The summed E-state index contributed by atoms with van der Waals surface area (Å²) < 4.78 is 33.8. The van der Waals surface area contributed by atoms with Crippen LogP contribution >= 0.6 is 11.8 Å². The van der Waals surface area contributed by atoms with E-state index in [-0.39, 0.29) is 12.2 Å². The molecule has 0 aliphatic carbocycles. The highest BCUT2D eigenvalue weighted by Crippen LogP contribution is 2.37. The van der Waals surface area contributed by atoms with Gasteiger partial charge in [0.25, 0.3) is 0 Å². The minimum atomic E-state index is -4.15. The van der Waals surface area contributed by atoms with Crippen LogP contribution in [-0.2, 0) is 19.2 Å². The Morgan fingerprint density at radius 2 is 2.17 bits per heavy atom. The highest BCUT2D eigenvalue weighted by molar-refractivity contribution is 7.99. The molecule has 12 nitrogen and oxygen atoms in total. The van der Waals surface area contributed by atoms with Crippen molar-refractivity contribution in [3.8, 4) is 0 Å². The Hall–Kier alpha value is -2.36. The third-order valence-corrected chi connectivity index (χ3v) is 5.59. The molecule has 3 atom stereocenters. The monoisotopic (exact) mass is 439 g/mol. The second-order valence-corrected chi connectivity index (χ2v) is 8.42. The average Bonchev–Trinajstić information content (AvgIpc) is 3.22. The van der Waals surface area contributed by atoms with Gasteiger partial charge in [0.05, 0.1) is 18.1 Å². The summed E-state index contributed by atoms with van der Waals surface area (Å²) in [5.41, 5.74) is 6.46. The molecule has 0 aromatic carbocycles. The standard InChI is InChI=1S/C15H17N7O5S2/c16-13-12-14(20-7-19-13)22(21-15(12)28-10-3-1-2-4-18-10)11-5-8(23)9(27-11)6-26-29(17,24)25/h1-4,7-9,11,23H,5-6H2,(H2,16,19,20)(H2,17,24,25)/t8-,9+,11+/m0/s1. The van der Waals surface area contributed by atoms with Crippen LogP contribution in [0.15, 0.2) is 40.8 Å². The van der Waals surface area contributed by atoms with Crippen molar-refractivity contribution in [2.45, 2.75) is 34.9 Å². The van der Waals surface area contributed by atoms with Gasteiger partial charge in [-0.25, -0.2) is 24.8 Å². The molecule has 29 heavy (non-hydrogen) atoms. The van der Waals surface area contributed by atoms with Crippen molar-refractivity contribution in [3.63, 3.8) is 0 Å². The maximum absolute atomic E-state index is 11.0. The van der Waals surface area contributed by atoms with E-state index in [2.05, 4.69) is 24.2 Å². The van der Waals surface area contributed by atoms with Crippen molar-refractivity contribution >= 4 is 38.9 Å². The normalized spacial score (nSPS) is 22.3. The molecule has 0 amide bonds. The molecule has 1 fully saturated rings. The van der Waals surface area contributed by atoms with E-state index in [4.69, 9.17) is 15.6 Å². The fourth-order valence-electron chi connectivity index (χ4n) is 2.92. The van der Waals surface area contributed by atoms with Crippen molar-refractivity contribution < 1.29 is 22.4 Å². The van der Waals surface area contributed by atoms with Gasteiger partial charge >= 0.3 is 10.3 Å². The quantitative estimate of drug-likeness (QED) is 0.463. The van der Waals surface area contributed by atoms with E-state index in [1.54, 1.807) is 12.3 Å². The Kier molecular flexibility index (Phi) is 5.37.